The molecule has 2 aliphatic rings. The van der Waals surface area contributed by atoms with E-state index >= 15 is 0 Å². The molecule has 1 N–H and O–H groups in total. The summed E-state index contributed by atoms with van der Waals surface area (Å²) in [6.07, 6.45) is 4.09. The Labute approximate surface area is 153 Å². The fraction of sp³-hybridized carbons (Fsp3) is 0.947. The van der Waals surface area contributed by atoms with Crippen molar-refractivity contribution in [3.8, 4) is 0 Å². The van der Waals surface area contributed by atoms with Gasteiger partial charge in [0.25, 0.3) is 0 Å². The zero-order valence-electron chi connectivity index (χ0n) is 16.8. The normalized spacial score (nSPS) is 25.0. The van der Waals surface area contributed by atoms with Gasteiger partial charge in [0.2, 0.25) is 0 Å². The van der Waals surface area contributed by atoms with E-state index in [2.05, 4.69) is 17.3 Å². The average Bonchev–Trinajstić information content (AvgIpc) is 2.54. The van der Waals surface area contributed by atoms with E-state index in [4.69, 9.17) is 9.47 Å². The first kappa shape index (κ1) is 20.5. The van der Waals surface area contributed by atoms with Crippen LogP contribution in [0, 0.1) is 5.92 Å². The van der Waals surface area contributed by atoms with Gasteiger partial charge in [-0.1, -0.05) is 0 Å². The number of hydrogen-bond donors (Lipinski definition) is 1. The summed E-state index contributed by atoms with van der Waals surface area (Å²) < 4.78 is 11.3. The van der Waals surface area contributed by atoms with Crippen LogP contribution < -0.4 is 5.32 Å². The number of ether oxygens (including phenoxy) is 2. The highest BCUT2D eigenvalue weighted by Crippen LogP contribution is 2.26. The van der Waals surface area contributed by atoms with Crippen LogP contribution in [0.1, 0.15) is 46.5 Å². The predicted octanol–water partition coefficient (Wildman–Crippen LogP) is 2.33. The fourth-order valence-corrected chi connectivity index (χ4v) is 3.82. The lowest BCUT2D eigenvalue weighted by molar-refractivity contribution is -0.0591. The number of amides is 1. The summed E-state index contributed by atoms with van der Waals surface area (Å²) in [6, 6.07) is 0. The molecule has 1 atom stereocenters. The van der Waals surface area contributed by atoms with Crippen LogP contribution in [0.15, 0.2) is 0 Å². The highest BCUT2D eigenvalue weighted by Gasteiger charge is 2.37. The number of methoxy groups -OCH3 is 1. The maximum Gasteiger partial charge on any atom is 0.410 e. The Morgan fingerprint density at radius 2 is 1.92 bits per heavy atom. The lowest BCUT2D eigenvalue weighted by atomic mass is 9.90. The van der Waals surface area contributed by atoms with Crippen LogP contribution in [0.2, 0.25) is 0 Å². The van der Waals surface area contributed by atoms with E-state index in [0.717, 1.165) is 31.8 Å². The van der Waals surface area contributed by atoms with Gasteiger partial charge in [-0.3, -0.25) is 0 Å². The van der Waals surface area contributed by atoms with Crippen molar-refractivity contribution < 1.29 is 14.3 Å². The van der Waals surface area contributed by atoms with Crippen LogP contribution >= 0.6 is 0 Å². The molecule has 0 bridgehead atoms. The van der Waals surface area contributed by atoms with Crippen molar-refractivity contribution >= 4 is 6.09 Å². The van der Waals surface area contributed by atoms with Gasteiger partial charge >= 0.3 is 6.09 Å². The number of hydrogen-bond acceptors (Lipinski definition) is 5. The largest absolute Gasteiger partial charge is 0.444 e. The number of nitrogens with one attached hydrogen (secondary N) is 1. The molecule has 0 aromatic carbocycles. The van der Waals surface area contributed by atoms with E-state index in [1.165, 1.54) is 25.9 Å². The van der Waals surface area contributed by atoms with E-state index in [9.17, 15) is 4.79 Å². The average molecular weight is 356 g/mol. The summed E-state index contributed by atoms with van der Waals surface area (Å²) in [6.45, 7) is 11.4. The molecule has 0 aromatic rings. The van der Waals surface area contributed by atoms with Gasteiger partial charge in [0.1, 0.15) is 5.60 Å². The second kappa shape index (κ2) is 8.69. The number of likely N-dealkylation sites (tertiary alicyclic amines) is 2. The standard InChI is InChI=1S/C19H37N3O3/c1-18(2,3)25-17(23)22-11-8-19(24-5,9-12-22)15-20-13-16-7-6-10-21(4)14-16/h16,20H,6-15H2,1-5H3. The number of piperidine rings is 2. The molecule has 146 valence electrons. The smallest absolute Gasteiger partial charge is 0.410 e. The van der Waals surface area contributed by atoms with Crippen LogP contribution in [0.25, 0.3) is 0 Å². The molecular weight excluding hydrogens is 318 g/mol. The molecule has 2 heterocycles. The van der Waals surface area contributed by atoms with Gasteiger partial charge in [-0.25, -0.2) is 4.79 Å². The Morgan fingerprint density at radius 1 is 1.24 bits per heavy atom. The van der Waals surface area contributed by atoms with Crippen molar-refractivity contribution in [3.05, 3.63) is 0 Å². The van der Waals surface area contributed by atoms with Crippen LogP contribution in [0.5, 0.6) is 0 Å². The fourth-order valence-electron chi connectivity index (χ4n) is 3.82. The molecule has 2 rings (SSSR count). The lowest BCUT2D eigenvalue weighted by Gasteiger charge is -2.41. The maximum absolute atomic E-state index is 12.2. The van der Waals surface area contributed by atoms with Gasteiger partial charge in [-0.2, -0.15) is 0 Å². The van der Waals surface area contributed by atoms with Crippen LogP contribution in [0.3, 0.4) is 0 Å². The van der Waals surface area contributed by atoms with E-state index in [1.807, 2.05) is 20.8 Å². The van der Waals surface area contributed by atoms with Gasteiger partial charge in [0, 0.05) is 33.3 Å². The predicted molar refractivity (Wildman–Crippen MR) is 99.9 cm³/mol. The second-order valence-corrected chi connectivity index (χ2v) is 8.76. The summed E-state index contributed by atoms with van der Waals surface area (Å²) in [5.41, 5.74) is -0.610. The van der Waals surface area contributed by atoms with E-state index in [-0.39, 0.29) is 11.7 Å². The van der Waals surface area contributed by atoms with E-state index in [1.54, 1.807) is 12.0 Å². The molecule has 0 spiro atoms. The van der Waals surface area contributed by atoms with Crippen molar-refractivity contribution in [3.63, 3.8) is 0 Å². The first-order valence-corrected chi connectivity index (χ1v) is 9.65. The van der Waals surface area contributed by atoms with Crippen LogP contribution in [-0.2, 0) is 9.47 Å². The van der Waals surface area contributed by atoms with Crippen molar-refractivity contribution in [1.82, 2.24) is 15.1 Å². The van der Waals surface area contributed by atoms with Gasteiger partial charge in [0.05, 0.1) is 5.60 Å². The van der Waals surface area contributed by atoms with Gasteiger partial charge in [-0.05, 0) is 72.5 Å². The van der Waals surface area contributed by atoms with Crippen LogP contribution in [0.4, 0.5) is 4.79 Å². The highest BCUT2D eigenvalue weighted by molar-refractivity contribution is 5.68. The first-order chi connectivity index (χ1) is 11.7. The molecule has 2 fully saturated rings. The Balaban J connectivity index is 1.75. The van der Waals surface area contributed by atoms with Gasteiger partial charge < -0.3 is 24.6 Å². The zero-order valence-corrected chi connectivity index (χ0v) is 16.8. The monoisotopic (exact) mass is 355 g/mol. The lowest BCUT2D eigenvalue weighted by Crippen LogP contribution is -2.53. The van der Waals surface area contributed by atoms with Crippen LogP contribution in [-0.4, -0.2) is 80.5 Å². The summed E-state index contributed by atoms with van der Waals surface area (Å²) in [5, 5.41) is 3.63. The number of carbonyl (C=O) groups is 1. The summed E-state index contributed by atoms with van der Waals surface area (Å²) in [5.74, 6) is 0.731. The molecule has 0 aromatic heterocycles. The molecule has 1 amide bonds. The Bertz CT molecular complexity index is 428. The topological polar surface area (TPSA) is 54.0 Å². The summed E-state index contributed by atoms with van der Waals surface area (Å²) >= 11 is 0. The van der Waals surface area contributed by atoms with E-state index in [0.29, 0.717) is 13.1 Å². The van der Waals surface area contributed by atoms with Gasteiger partial charge in [0.15, 0.2) is 0 Å². The Kier molecular flexibility index (Phi) is 7.11. The molecule has 0 saturated carbocycles. The molecule has 0 aliphatic carbocycles. The number of carbonyl (C=O) groups excluding carboxylic acids is 1. The molecule has 1 unspecified atom stereocenters. The quantitative estimate of drug-likeness (QED) is 0.820. The number of rotatable bonds is 5. The number of nitrogens with zero attached hydrogens (tertiary/aromatic N) is 2. The minimum atomic E-state index is -0.443. The third-order valence-electron chi connectivity index (χ3n) is 5.36. The maximum atomic E-state index is 12.2. The summed E-state index contributed by atoms with van der Waals surface area (Å²) in [4.78, 5) is 16.4. The van der Waals surface area contributed by atoms with Crippen molar-refractivity contribution in [2.45, 2.75) is 57.7 Å². The first-order valence-electron chi connectivity index (χ1n) is 9.65. The Hall–Kier alpha value is -0.850. The minimum absolute atomic E-state index is 0.168. The molecule has 25 heavy (non-hydrogen) atoms. The Morgan fingerprint density at radius 3 is 2.48 bits per heavy atom. The summed E-state index contributed by atoms with van der Waals surface area (Å²) in [7, 11) is 3.99. The zero-order chi connectivity index (χ0) is 18.5. The van der Waals surface area contributed by atoms with E-state index < -0.39 is 5.60 Å². The third kappa shape index (κ3) is 6.42. The second-order valence-electron chi connectivity index (χ2n) is 8.76. The minimum Gasteiger partial charge on any atom is -0.444 e. The molecule has 2 aliphatic heterocycles. The highest BCUT2D eigenvalue weighted by atomic mass is 16.6. The van der Waals surface area contributed by atoms with Crippen molar-refractivity contribution in [1.29, 1.82) is 0 Å². The van der Waals surface area contributed by atoms with Crippen molar-refractivity contribution in [2.24, 2.45) is 5.92 Å². The molecule has 2 saturated heterocycles. The van der Waals surface area contributed by atoms with Crippen molar-refractivity contribution in [2.75, 3.05) is 53.4 Å². The molecular formula is C19H37N3O3. The third-order valence-corrected chi connectivity index (χ3v) is 5.36. The van der Waals surface area contributed by atoms with Gasteiger partial charge in [-0.15, -0.1) is 0 Å². The SMILES string of the molecule is COC1(CNCC2CCCN(C)C2)CCN(C(=O)OC(C)(C)C)CC1. The molecule has 0 radical (unpaired) electrons. The molecule has 6 heteroatoms. The molecule has 6 nitrogen and oxygen atoms in total.